The summed E-state index contributed by atoms with van der Waals surface area (Å²) >= 11 is 0. The number of phenols is 1. The van der Waals surface area contributed by atoms with Gasteiger partial charge in [-0.2, -0.15) is 0 Å². The molecule has 0 aliphatic heterocycles. The van der Waals surface area contributed by atoms with E-state index >= 15 is 0 Å². The van der Waals surface area contributed by atoms with Crippen molar-refractivity contribution >= 4 is 11.0 Å². The fraction of sp³-hybridized carbons (Fsp3) is 0.300. The zero-order chi connectivity index (χ0) is 56.6. The molecule has 4 heteroatoms. The lowest BCUT2D eigenvalue weighted by Gasteiger charge is -2.36. The molecule has 1 N–H and O–H groups in total. The standard InChI is InChI=1S/C60H65N3O/c1-12-59(10,13-2)49-22-19-23-50(60(11,14-3)15-4)55(49)43-30-31-52(40(6)34-43)63-53-24-18-21-47(56(53)62-57(63)48-20-16-17-25-54(48)64)44-35-45(37-46(36-44)58(7,8)9)51-38-42(32-33-61-51)41-28-26-39(5)27-29-41/h16-38,64H,12-15H2,1-11H3/i5D3,6D3,26D,27D,28D,29D,32D,33D,38D. The average molecular weight is 857 g/mol. The highest BCUT2D eigenvalue weighted by Crippen LogP contribution is 2.47. The third kappa shape index (κ3) is 8.08. The van der Waals surface area contributed by atoms with E-state index < -0.39 is 78.2 Å². The van der Waals surface area contributed by atoms with Crippen LogP contribution in [0.4, 0.5) is 0 Å². The van der Waals surface area contributed by atoms with Crippen LogP contribution in [0.25, 0.3) is 72.7 Å². The summed E-state index contributed by atoms with van der Waals surface area (Å²) in [7, 11) is 0. The largest absolute Gasteiger partial charge is 0.507 e. The number of fused-ring (bicyclic) bond motifs is 1. The van der Waals surface area contributed by atoms with Crippen LogP contribution < -0.4 is 0 Å². The second-order valence-corrected chi connectivity index (χ2v) is 18.5. The van der Waals surface area contributed by atoms with E-state index in [2.05, 4.69) is 64.7 Å². The predicted octanol–water partition coefficient (Wildman–Crippen LogP) is 16.5. The van der Waals surface area contributed by atoms with Gasteiger partial charge >= 0.3 is 0 Å². The van der Waals surface area contributed by atoms with E-state index in [1.165, 1.54) is 0 Å². The van der Waals surface area contributed by atoms with Gasteiger partial charge in [0.25, 0.3) is 0 Å². The van der Waals surface area contributed by atoms with E-state index in [0.29, 0.717) is 39.0 Å². The first-order chi connectivity index (χ1) is 36.0. The molecular formula is C60H65N3O. The van der Waals surface area contributed by atoms with Crippen LogP contribution in [0.1, 0.15) is 134 Å². The van der Waals surface area contributed by atoms with Gasteiger partial charge in [0.1, 0.15) is 11.6 Å². The Labute approximate surface area is 400 Å². The number of aryl methyl sites for hydroxylation is 1. The van der Waals surface area contributed by atoms with Crippen molar-refractivity contribution in [2.75, 3.05) is 0 Å². The summed E-state index contributed by atoms with van der Waals surface area (Å²) in [6.07, 6.45) is 2.90. The van der Waals surface area contributed by atoms with E-state index in [-0.39, 0.29) is 33.7 Å². The Bertz CT molecular complexity index is 3550. The van der Waals surface area contributed by atoms with Crippen molar-refractivity contribution in [2.24, 2.45) is 0 Å². The summed E-state index contributed by atoms with van der Waals surface area (Å²) in [5, 5.41) is 11.6. The van der Waals surface area contributed by atoms with Crippen LogP contribution in [-0.4, -0.2) is 19.6 Å². The number of pyridine rings is 1. The van der Waals surface area contributed by atoms with Crippen LogP contribution >= 0.6 is 0 Å². The number of hydrogen-bond donors (Lipinski definition) is 1. The number of aromatic hydroxyl groups is 1. The van der Waals surface area contributed by atoms with Crippen LogP contribution in [0.2, 0.25) is 0 Å². The Balaban J connectivity index is 1.43. The fourth-order valence-corrected chi connectivity index (χ4v) is 8.81. The first kappa shape index (κ1) is 30.8. The van der Waals surface area contributed by atoms with Crippen LogP contribution in [0.15, 0.2) is 139 Å². The lowest BCUT2D eigenvalue weighted by Crippen LogP contribution is -2.25. The quantitative estimate of drug-likeness (QED) is 0.133. The molecule has 2 aromatic heterocycles. The molecule has 0 aliphatic rings. The zero-order valence-electron chi connectivity index (χ0n) is 51.4. The molecule has 8 rings (SSSR count). The number of hydrogen-bond acceptors (Lipinski definition) is 3. The Morgan fingerprint density at radius 3 is 1.92 bits per heavy atom. The van der Waals surface area contributed by atoms with Gasteiger partial charge in [-0.05, 0) is 160 Å². The molecule has 0 radical (unpaired) electrons. The molecule has 4 nitrogen and oxygen atoms in total. The second-order valence-electron chi connectivity index (χ2n) is 18.5. The number of aromatic nitrogens is 3. The minimum absolute atomic E-state index is 0.0752. The molecule has 0 fully saturated rings. The highest BCUT2D eigenvalue weighted by molar-refractivity contribution is 5.97. The zero-order valence-corrected chi connectivity index (χ0v) is 38.4. The van der Waals surface area contributed by atoms with Crippen molar-refractivity contribution < 1.29 is 22.9 Å². The summed E-state index contributed by atoms with van der Waals surface area (Å²) in [5.41, 5.74) is 5.43. The molecule has 0 saturated heterocycles. The predicted molar refractivity (Wildman–Crippen MR) is 272 cm³/mol. The van der Waals surface area contributed by atoms with E-state index in [0.717, 1.165) is 53.5 Å². The van der Waals surface area contributed by atoms with Gasteiger partial charge < -0.3 is 5.11 Å². The summed E-state index contributed by atoms with van der Waals surface area (Å²) in [6.45, 7) is 13.7. The van der Waals surface area contributed by atoms with Gasteiger partial charge in [-0.25, -0.2) is 4.98 Å². The van der Waals surface area contributed by atoms with Crippen molar-refractivity contribution in [3.8, 4) is 67.5 Å². The highest BCUT2D eigenvalue weighted by atomic mass is 16.3. The molecule has 326 valence electrons. The van der Waals surface area contributed by atoms with Crippen molar-refractivity contribution in [2.45, 2.75) is 118 Å². The minimum atomic E-state index is -2.99. The minimum Gasteiger partial charge on any atom is -0.507 e. The molecule has 0 unspecified atom stereocenters. The Kier molecular flexibility index (Phi) is 8.35. The van der Waals surface area contributed by atoms with Gasteiger partial charge in [0.15, 0.2) is 0 Å². The number of benzene rings is 6. The second kappa shape index (κ2) is 17.4. The molecule has 64 heavy (non-hydrogen) atoms. The summed E-state index contributed by atoms with van der Waals surface area (Å²) in [5.74, 6) is 0.203. The number of phenolic OH excluding ortho intramolecular Hbond substituents is 1. The third-order valence-corrected chi connectivity index (χ3v) is 13.7. The maximum Gasteiger partial charge on any atom is 0.149 e. The fourth-order valence-electron chi connectivity index (χ4n) is 8.81. The highest BCUT2D eigenvalue weighted by Gasteiger charge is 2.33. The van der Waals surface area contributed by atoms with Crippen LogP contribution in [-0.2, 0) is 16.2 Å². The van der Waals surface area contributed by atoms with Gasteiger partial charge in [0.2, 0.25) is 0 Å². The maximum atomic E-state index is 11.6. The number of imidazole rings is 1. The lowest BCUT2D eigenvalue weighted by molar-refractivity contribution is 0.426. The first-order valence-corrected chi connectivity index (χ1v) is 22.3. The molecule has 0 atom stereocenters. The Morgan fingerprint density at radius 2 is 1.28 bits per heavy atom. The molecule has 0 saturated carbocycles. The summed E-state index contributed by atoms with van der Waals surface area (Å²) in [4.78, 5) is 9.70. The molecule has 0 amide bonds. The van der Waals surface area contributed by atoms with Gasteiger partial charge in [-0.1, -0.05) is 147 Å². The Hall–Kier alpha value is -6.26. The topological polar surface area (TPSA) is 50.9 Å². The maximum absolute atomic E-state index is 11.6. The van der Waals surface area contributed by atoms with Gasteiger partial charge in [0.05, 0.1) is 37.6 Å². The van der Waals surface area contributed by atoms with Gasteiger partial charge in [-0.15, -0.1) is 0 Å². The van der Waals surface area contributed by atoms with Crippen molar-refractivity contribution in [3.05, 3.63) is 167 Å². The lowest BCUT2D eigenvalue weighted by atomic mass is 9.68. The van der Waals surface area contributed by atoms with Crippen LogP contribution in [0.3, 0.4) is 0 Å². The van der Waals surface area contributed by atoms with E-state index in [9.17, 15) is 10.6 Å². The Morgan fingerprint density at radius 1 is 0.625 bits per heavy atom. The number of rotatable bonds is 12. The van der Waals surface area contributed by atoms with Gasteiger partial charge in [0, 0.05) is 25.5 Å². The molecule has 6 aromatic carbocycles. The third-order valence-electron chi connectivity index (χ3n) is 13.7. The van der Waals surface area contributed by atoms with E-state index in [1.54, 1.807) is 47.0 Å². The monoisotopic (exact) mass is 857 g/mol. The normalized spacial score (nSPS) is 15.6. The van der Waals surface area contributed by atoms with E-state index in [4.69, 9.17) is 17.3 Å². The van der Waals surface area contributed by atoms with Crippen molar-refractivity contribution in [1.82, 2.24) is 14.5 Å². The molecule has 8 aromatic rings. The number of para-hydroxylation sites is 2. The molecular weight excluding hydrogens is 779 g/mol. The summed E-state index contributed by atoms with van der Waals surface area (Å²) < 4.78 is 115. The smallest absolute Gasteiger partial charge is 0.149 e. The van der Waals surface area contributed by atoms with E-state index in [1.807, 2.05) is 57.2 Å². The summed E-state index contributed by atoms with van der Waals surface area (Å²) in [6, 6.07) is 25.7. The molecule has 0 spiro atoms. The van der Waals surface area contributed by atoms with Crippen LogP contribution in [0, 0.1) is 13.7 Å². The van der Waals surface area contributed by atoms with Crippen molar-refractivity contribution in [3.63, 3.8) is 0 Å². The van der Waals surface area contributed by atoms with Crippen molar-refractivity contribution in [1.29, 1.82) is 0 Å². The first-order valence-electron chi connectivity index (χ1n) is 28.8. The van der Waals surface area contributed by atoms with Gasteiger partial charge in [-0.3, -0.25) is 9.55 Å². The average Bonchev–Trinajstić information content (AvgIpc) is 3.83. The molecule has 0 aliphatic carbocycles. The molecule has 2 heterocycles. The van der Waals surface area contributed by atoms with Crippen LogP contribution in [0.5, 0.6) is 5.75 Å². The number of nitrogens with zero attached hydrogens (tertiary/aromatic N) is 3. The SMILES string of the molecule is [2H]c1nc(-c2cc(-c3cccc4c3nc(-c3ccccc3O)n4-c3ccc(-c4c(C(C)(CC)CC)cccc4C(C)(CC)CC)cc3C([2H])([2H])[2H])cc(C(C)(C)C)c2)c([2H])c(-c2c([2H])c([2H])c(C([2H])([2H])[2H])c([2H])c2[2H])c1[2H]. The molecule has 0 bridgehead atoms.